The zero-order chi connectivity index (χ0) is 13.9. The Labute approximate surface area is 106 Å². The first-order chi connectivity index (χ1) is 8.35. The molecule has 0 N–H and O–H groups in total. The van der Waals surface area contributed by atoms with Crippen LogP contribution in [0.2, 0.25) is 0 Å². The van der Waals surface area contributed by atoms with Gasteiger partial charge in [0.15, 0.2) is 5.78 Å². The van der Waals surface area contributed by atoms with Gasteiger partial charge in [0.1, 0.15) is 11.8 Å². The van der Waals surface area contributed by atoms with Crippen LogP contribution in [0.3, 0.4) is 0 Å². The number of ether oxygens (including phenoxy) is 1. The second kappa shape index (κ2) is 5.27. The molecule has 1 rings (SSSR count). The Balaban J connectivity index is 3.57. The zero-order valence-corrected chi connectivity index (χ0v) is 9.89. The minimum atomic E-state index is -4.65. The average molecular weight is 278 g/mol. The molecular weight excluding hydrogens is 271 g/mol. The Morgan fingerprint density at radius 3 is 2.50 bits per heavy atom. The monoisotopic (exact) mass is 277 g/mol. The van der Waals surface area contributed by atoms with Crippen LogP contribution in [-0.4, -0.2) is 18.8 Å². The third-order valence-corrected chi connectivity index (χ3v) is 2.41. The maximum absolute atomic E-state index is 12.6. The molecule has 0 aliphatic rings. The van der Waals surface area contributed by atoms with E-state index in [0.717, 1.165) is 7.11 Å². The van der Waals surface area contributed by atoms with Crippen LogP contribution in [0.5, 0.6) is 5.75 Å². The van der Waals surface area contributed by atoms with E-state index in [4.69, 9.17) is 21.6 Å². The summed E-state index contributed by atoms with van der Waals surface area (Å²) in [7, 11) is 1.16. The summed E-state index contributed by atoms with van der Waals surface area (Å²) in [6.07, 6.45) is -4.65. The Bertz CT molecular complexity index is 520. The predicted molar refractivity (Wildman–Crippen MR) is 57.8 cm³/mol. The molecule has 0 spiro atoms. The topological polar surface area (TPSA) is 50.1 Å². The fourth-order valence-electron chi connectivity index (χ4n) is 1.37. The summed E-state index contributed by atoms with van der Waals surface area (Å²) in [6.45, 7) is 0. The second-order valence-electron chi connectivity index (χ2n) is 3.27. The smallest absolute Gasteiger partial charge is 0.416 e. The minimum absolute atomic E-state index is 0.198. The van der Waals surface area contributed by atoms with Gasteiger partial charge in [0, 0.05) is 0 Å². The lowest BCUT2D eigenvalue weighted by Crippen LogP contribution is -2.11. The molecule has 0 bridgehead atoms. The van der Waals surface area contributed by atoms with E-state index in [9.17, 15) is 18.0 Å². The molecule has 0 saturated carbocycles. The van der Waals surface area contributed by atoms with Crippen molar-refractivity contribution in [3.8, 4) is 11.8 Å². The van der Waals surface area contributed by atoms with E-state index in [0.29, 0.717) is 12.1 Å². The highest BCUT2D eigenvalue weighted by Crippen LogP contribution is 2.35. The fraction of sp³-hybridized carbons (Fsp3) is 0.273. The highest BCUT2D eigenvalue weighted by atomic mass is 35.5. The van der Waals surface area contributed by atoms with Crippen LogP contribution in [0, 0.1) is 11.3 Å². The van der Waals surface area contributed by atoms with Crippen LogP contribution in [0.25, 0.3) is 0 Å². The van der Waals surface area contributed by atoms with Gasteiger partial charge in [0.2, 0.25) is 0 Å². The number of nitrogens with zero attached hydrogens (tertiary/aromatic N) is 1. The maximum atomic E-state index is 12.6. The van der Waals surface area contributed by atoms with Crippen molar-refractivity contribution in [3.63, 3.8) is 0 Å². The number of hydrogen-bond donors (Lipinski definition) is 0. The number of alkyl halides is 4. The first-order valence-electron chi connectivity index (χ1n) is 4.63. The predicted octanol–water partition coefficient (Wildman–Crippen LogP) is 3.01. The molecule has 7 heteroatoms. The van der Waals surface area contributed by atoms with E-state index in [2.05, 4.69) is 0 Å². The molecule has 0 fully saturated rings. The molecule has 0 heterocycles. The van der Waals surface area contributed by atoms with Crippen molar-refractivity contribution >= 4 is 17.4 Å². The summed E-state index contributed by atoms with van der Waals surface area (Å²) in [5, 5.41) is 8.78. The van der Waals surface area contributed by atoms with E-state index in [1.54, 1.807) is 6.07 Å². The number of benzene rings is 1. The molecule has 1 aromatic carbocycles. The van der Waals surface area contributed by atoms with Crippen LogP contribution >= 0.6 is 11.6 Å². The number of carbonyl (C=O) groups excluding carboxylic acids is 1. The quantitative estimate of drug-likeness (QED) is 0.630. The summed E-state index contributed by atoms with van der Waals surface area (Å²) in [4.78, 5) is 11.5. The van der Waals surface area contributed by atoms with Gasteiger partial charge in [-0.05, 0) is 12.1 Å². The summed E-state index contributed by atoms with van der Waals surface area (Å²) < 4.78 is 42.6. The van der Waals surface area contributed by atoms with Crippen molar-refractivity contribution in [1.82, 2.24) is 0 Å². The third kappa shape index (κ3) is 2.74. The molecule has 0 radical (unpaired) electrons. The van der Waals surface area contributed by atoms with Gasteiger partial charge in [0.05, 0.1) is 29.7 Å². The summed E-state index contributed by atoms with van der Waals surface area (Å²) >= 11 is 5.31. The van der Waals surface area contributed by atoms with Crippen LogP contribution in [-0.2, 0) is 6.18 Å². The number of Topliss-reactive ketones (excluding diaryl/α,β-unsaturated/α-hetero) is 1. The number of carbonyl (C=O) groups is 1. The molecule has 0 unspecified atom stereocenters. The number of rotatable bonds is 3. The standard InChI is InChI=1S/C11H7ClF3NO2/c1-18-10-6(5-16)2-7(11(13,14)15)3-8(10)9(17)4-12/h2-3H,4H2,1H3. The summed E-state index contributed by atoms with van der Waals surface area (Å²) in [5.41, 5.74) is -1.80. The molecular formula is C11H7ClF3NO2. The van der Waals surface area contributed by atoms with Gasteiger partial charge in [-0.1, -0.05) is 0 Å². The molecule has 0 saturated heterocycles. The van der Waals surface area contributed by atoms with Gasteiger partial charge in [-0.15, -0.1) is 11.6 Å². The number of nitriles is 1. The Hall–Kier alpha value is -1.74. The Morgan fingerprint density at radius 1 is 1.50 bits per heavy atom. The van der Waals surface area contributed by atoms with Crippen molar-refractivity contribution in [3.05, 3.63) is 28.8 Å². The first kappa shape index (κ1) is 14.3. The lowest BCUT2D eigenvalue weighted by molar-refractivity contribution is -0.137. The molecule has 0 aliphatic carbocycles. The van der Waals surface area contributed by atoms with Gasteiger partial charge < -0.3 is 4.74 Å². The van der Waals surface area contributed by atoms with Crippen molar-refractivity contribution in [2.24, 2.45) is 0 Å². The second-order valence-corrected chi connectivity index (χ2v) is 3.54. The van der Waals surface area contributed by atoms with Crippen molar-refractivity contribution in [1.29, 1.82) is 5.26 Å². The largest absolute Gasteiger partial charge is 0.495 e. The Kier molecular flexibility index (Phi) is 4.19. The zero-order valence-electron chi connectivity index (χ0n) is 9.14. The summed E-state index contributed by atoms with van der Waals surface area (Å²) in [5.74, 6) is -1.44. The first-order valence-corrected chi connectivity index (χ1v) is 5.17. The van der Waals surface area contributed by atoms with Gasteiger partial charge in [-0.2, -0.15) is 18.4 Å². The van der Waals surface area contributed by atoms with E-state index >= 15 is 0 Å². The molecule has 0 atom stereocenters. The van der Waals surface area contributed by atoms with Crippen molar-refractivity contribution in [2.75, 3.05) is 13.0 Å². The third-order valence-electron chi connectivity index (χ3n) is 2.16. The van der Waals surface area contributed by atoms with Crippen LogP contribution in [0.15, 0.2) is 12.1 Å². The number of hydrogen-bond acceptors (Lipinski definition) is 3. The molecule has 3 nitrogen and oxygen atoms in total. The van der Waals surface area contributed by atoms with Crippen molar-refractivity contribution < 1.29 is 22.7 Å². The van der Waals surface area contributed by atoms with Gasteiger partial charge in [-0.3, -0.25) is 4.79 Å². The molecule has 1 aromatic rings. The van der Waals surface area contributed by atoms with Gasteiger partial charge in [-0.25, -0.2) is 0 Å². The fourth-order valence-corrected chi connectivity index (χ4v) is 1.52. The highest BCUT2D eigenvalue weighted by Gasteiger charge is 2.33. The number of ketones is 1. The molecule has 0 amide bonds. The van der Waals surface area contributed by atoms with Crippen molar-refractivity contribution in [2.45, 2.75) is 6.18 Å². The lowest BCUT2D eigenvalue weighted by Gasteiger charge is -2.13. The maximum Gasteiger partial charge on any atom is 0.416 e. The minimum Gasteiger partial charge on any atom is -0.495 e. The molecule has 0 aliphatic heterocycles. The van der Waals surface area contributed by atoms with Gasteiger partial charge in [0.25, 0.3) is 0 Å². The van der Waals surface area contributed by atoms with E-state index in [1.807, 2.05) is 0 Å². The lowest BCUT2D eigenvalue weighted by atomic mass is 10.0. The normalized spacial score (nSPS) is 10.9. The average Bonchev–Trinajstić information content (AvgIpc) is 2.34. The number of methoxy groups -OCH3 is 1. The van der Waals surface area contributed by atoms with Crippen LogP contribution in [0.4, 0.5) is 13.2 Å². The Morgan fingerprint density at radius 2 is 2.11 bits per heavy atom. The van der Waals surface area contributed by atoms with Crippen LogP contribution < -0.4 is 4.74 Å². The molecule has 0 aromatic heterocycles. The molecule has 96 valence electrons. The van der Waals surface area contributed by atoms with E-state index < -0.39 is 23.4 Å². The number of halogens is 4. The SMILES string of the molecule is COc1c(C#N)cc(C(F)(F)F)cc1C(=O)CCl. The van der Waals surface area contributed by atoms with E-state index in [1.165, 1.54) is 0 Å². The molecule has 18 heavy (non-hydrogen) atoms. The van der Waals surface area contributed by atoms with E-state index in [-0.39, 0.29) is 16.9 Å². The summed E-state index contributed by atoms with van der Waals surface area (Å²) in [6, 6.07) is 2.82. The van der Waals surface area contributed by atoms with Crippen LogP contribution in [0.1, 0.15) is 21.5 Å². The highest BCUT2D eigenvalue weighted by molar-refractivity contribution is 6.30. The van der Waals surface area contributed by atoms with Gasteiger partial charge >= 0.3 is 6.18 Å².